The van der Waals surface area contributed by atoms with Gasteiger partial charge in [0.25, 0.3) is 5.89 Å². The van der Waals surface area contributed by atoms with E-state index in [4.69, 9.17) is 10.3 Å². The van der Waals surface area contributed by atoms with Gasteiger partial charge in [-0.2, -0.15) is 4.98 Å². The molecule has 1 fully saturated rings. The van der Waals surface area contributed by atoms with Crippen molar-refractivity contribution in [1.29, 1.82) is 0 Å². The zero-order valence-corrected chi connectivity index (χ0v) is 13.8. The largest absolute Gasteiger partial charge is 0.398 e. The molecule has 0 bridgehead atoms. The highest BCUT2D eigenvalue weighted by molar-refractivity contribution is 9.10. The Morgan fingerprint density at radius 3 is 2.76 bits per heavy atom. The Hall–Kier alpha value is -1.36. The van der Waals surface area contributed by atoms with Crippen LogP contribution in [0.5, 0.6) is 0 Å². The first kappa shape index (κ1) is 14.6. The van der Waals surface area contributed by atoms with Gasteiger partial charge in [-0.05, 0) is 49.8 Å². The molecular weight excluding hydrogens is 330 g/mol. The molecule has 3 rings (SSSR count). The van der Waals surface area contributed by atoms with Crippen molar-refractivity contribution in [3.63, 3.8) is 0 Å². The zero-order chi connectivity index (χ0) is 14.8. The van der Waals surface area contributed by atoms with E-state index in [1.54, 1.807) is 0 Å². The van der Waals surface area contributed by atoms with Crippen LogP contribution in [0, 0.1) is 5.92 Å². The van der Waals surface area contributed by atoms with Gasteiger partial charge in [-0.3, -0.25) is 0 Å². The maximum Gasteiger partial charge on any atom is 0.260 e. The van der Waals surface area contributed by atoms with Crippen LogP contribution in [0.1, 0.15) is 50.8 Å². The van der Waals surface area contributed by atoms with Crippen LogP contribution in [0.3, 0.4) is 0 Å². The smallest absolute Gasteiger partial charge is 0.260 e. The van der Waals surface area contributed by atoms with Gasteiger partial charge in [0.05, 0.1) is 5.56 Å². The lowest BCUT2D eigenvalue weighted by Crippen LogP contribution is -2.13. The molecule has 1 aliphatic rings. The van der Waals surface area contributed by atoms with Crippen LogP contribution in [0.25, 0.3) is 11.5 Å². The predicted octanol–water partition coefficient (Wildman–Crippen LogP) is 4.77. The average Bonchev–Trinajstić information content (AvgIpc) is 2.99. The second-order valence-corrected chi connectivity index (χ2v) is 6.73. The first-order valence-corrected chi connectivity index (χ1v) is 8.35. The lowest BCUT2D eigenvalue weighted by atomic mass is 9.80. The summed E-state index contributed by atoms with van der Waals surface area (Å²) in [4.78, 5) is 4.58. The molecule has 0 saturated heterocycles. The number of aromatic nitrogens is 2. The highest BCUT2D eigenvalue weighted by Crippen LogP contribution is 2.37. The number of nitrogens with two attached hydrogens (primary N) is 1. The molecule has 1 aromatic carbocycles. The maximum absolute atomic E-state index is 6.00. The van der Waals surface area contributed by atoms with E-state index < -0.39 is 0 Å². The summed E-state index contributed by atoms with van der Waals surface area (Å²) in [7, 11) is 0. The van der Waals surface area contributed by atoms with Crippen molar-refractivity contribution in [2.24, 2.45) is 5.92 Å². The maximum atomic E-state index is 6.00. The molecule has 2 N–H and O–H groups in total. The van der Waals surface area contributed by atoms with Gasteiger partial charge in [-0.25, -0.2) is 0 Å². The number of nitrogen functional groups attached to an aromatic ring is 1. The highest BCUT2D eigenvalue weighted by atomic mass is 79.9. The van der Waals surface area contributed by atoms with Gasteiger partial charge in [0.15, 0.2) is 5.82 Å². The molecule has 0 spiro atoms. The molecule has 2 aromatic rings. The van der Waals surface area contributed by atoms with Crippen LogP contribution in [-0.2, 0) is 0 Å². The van der Waals surface area contributed by atoms with Gasteiger partial charge < -0.3 is 10.3 Å². The SMILES string of the molecule is CCC1CCC(c2noc(-c3cc(Br)ccc3N)n2)CC1. The molecule has 1 saturated carbocycles. The van der Waals surface area contributed by atoms with E-state index in [2.05, 4.69) is 33.0 Å². The molecule has 4 nitrogen and oxygen atoms in total. The third-order valence-corrected chi connectivity index (χ3v) is 4.97. The number of benzene rings is 1. The van der Waals surface area contributed by atoms with Crippen LogP contribution in [-0.4, -0.2) is 10.1 Å². The van der Waals surface area contributed by atoms with Crippen molar-refractivity contribution in [3.05, 3.63) is 28.5 Å². The van der Waals surface area contributed by atoms with E-state index in [1.165, 1.54) is 19.3 Å². The molecule has 21 heavy (non-hydrogen) atoms. The Morgan fingerprint density at radius 2 is 2.05 bits per heavy atom. The van der Waals surface area contributed by atoms with Gasteiger partial charge in [0, 0.05) is 16.1 Å². The Labute approximate surface area is 133 Å². The summed E-state index contributed by atoms with van der Waals surface area (Å²) in [5.41, 5.74) is 7.45. The Balaban J connectivity index is 1.79. The van der Waals surface area contributed by atoms with E-state index in [-0.39, 0.29) is 0 Å². The summed E-state index contributed by atoms with van der Waals surface area (Å²) >= 11 is 3.45. The molecule has 112 valence electrons. The van der Waals surface area contributed by atoms with Crippen LogP contribution >= 0.6 is 15.9 Å². The first-order chi connectivity index (χ1) is 10.2. The van der Waals surface area contributed by atoms with E-state index in [0.29, 0.717) is 17.5 Å². The quantitative estimate of drug-likeness (QED) is 0.810. The fourth-order valence-electron chi connectivity index (χ4n) is 3.05. The molecule has 0 radical (unpaired) electrons. The monoisotopic (exact) mass is 349 g/mol. The number of rotatable bonds is 3. The minimum absolute atomic E-state index is 0.429. The lowest BCUT2D eigenvalue weighted by molar-refractivity contribution is 0.305. The predicted molar refractivity (Wildman–Crippen MR) is 86.8 cm³/mol. The summed E-state index contributed by atoms with van der Waals surface area (Å²) < 4.78 is 6.38. The number of hydrogen-bond donors (Lipinski definition) is 1. The molecule has 5 heteroatoms. The standard InChI is InChI=1S/C16H20BrN3O/c1-2-10-3-5-11(6-4-10)15-19-16(21-20-15)13-9-12(17)7-8-14(13)18/h7-11H,2-6,18H2,1H3. The van der Waals surface area contributed by atoms with Gasteiger partial charge >= 0.3 is 0 Å². The minimum Gasteiger partial charge on any atom is -0.398 e. The molecule has 0 aliphatic heterocycles. The number of hydrogen-bond acceptors (Lipinski definition) is 4. The summed E-state index contributed by atoms with van der Waals surface area (Å²) in [5, 5.41) is 4.18. The van der Waals surface area contributed by atoms with Crippen molar-refractivity contribution < 1.29 is 4.52 Å². The van der Waals surface area contributed by atoms with Crippen LogP contribution in [0.15, 0.2) is 27.2 Å². The molecule has 1 heterocycles. The molecular formula is C16H20BrN3O. The second kappa shape index (κ2) is 6.18. The van der Waals surface area contributed by atoms with Gasteiger partial charge in [-0.1, -0.05) is 34.4 Å². The summed E-state index contributed by atoms with van der Waals surface area (Å²) in [5.74, 6) is 2.65. The molecule has 0 amide bonds. The number of anilines is 1. The summed E-state index contributed by atoms with van der Waals surface area (Å²) in [6.07, 6.45) is 6.13. The fraction of sp³-hybridized carbons (Fsp3) is 0.500. The molecule has 0 unspecified atom stereocenters. The average molecular weight is 350 g/mol. The highest BCUT2D eigenvalue weighted by Gasteiger charge is 2.25. The normalized spacial score (nSPS) is 22.4. The van der Waals surface area contributed by atoms with E-state index >= 15 is 0 Å². The summed E-state index contributed by atoms with van der Waals surface area (Å²) in [6, 6.07) is 5.67. The third kappa shape index (κ3) is 3.12. The molecule has 0 atom stereocenters. The topological polar surface area (TPSA) is 64.9 Å². The first-order valence-electron chi connectivity index (χ1n) is 7.56. The van der Waals surface area contributed by atoms with E-state index in [9.17, 15) is 0 Å². The van der Waals surface area contributed by atoms with Crippen LogP contribution in [0.4, 0.5) is 5.69 Å². The van der Waals surface area contributed by atoms with E-state index in [1.807, 2.05) is 18.2 Å². The van der Waals surface area contributed by atoms with Gasteiger partial charge in [0.2, 0.25) is 0 Å². The number of nitrogens with zero attached hydrogens (tertiary/aromatic N) is 2. The third-order valence-electron chi connectivity index (χ3n) is 4.48. The Kier molecular flexibility index (Phi) is 4.29. The lowest BCUT2D eigenvalue weighted by Gasteiger charge is -2.25. The van der Waals surface area contributed by atoms with Crippen LogP contribution < -0.4 is 5.73 Å². The van der Waals surface area contributed by atoms with Crippen molar-refractivity contribution in [1.82, 2.24) is 10.1 Å². The van der Waals surface area contributed by atoms with E-state index in [0.717, 1.165) is 34.6 Å². The second-order valence-electron chi connectivity index (χ2n) is 5.82. The fourth-order valence-corrected chi connectivity index (χ4v) is 3.41. The van der Waals surface area contributed by atoms with Crippen LogP contribution in [0.2, 0.25) is 0 Å². The van der Waals surface area contributed by atoms with Crippen molar-refractivity contribution in [2.45, 2.75) is 44.9 Å². The zero-order valence-electron chi connectivity index (χ0n) is 12.2. The summed E-state index contributed by atoms with van der Waals surface area (Å²) in [6.45, 7) is 2.27. The van der Waals surface area contributed by atoms with Crippen molar-refractivity contribution >= 4 is 21.6 Å². The number of halogens is 1. The Bertz CT molecular complexity index is 618. The minimum atomic E-state index is 0.429. The molecule has 1 aromatic heterocycles. The van der Waals surface area contributed by atoms with Gasteiger partial charge in [0.1, 0.15) is 0 Å². The Morgan fingerprint density at radius 1 is 1.29 bits per heavy atom. The van der Waals surface area contributed by atoms with Crippen molar-refractivity contribution in [3.8, 4) is 11.5 Å². The molecule has 1 aliphatic carbocycles. The van der Waals surface area contributed by atoms with Gasteiger partial charge in [-0.15, -0.1) is 0 Å². The van der Waals surface area contributed by atoms with Crippen molar-refractivity contribution in [2.75, 3.05) is 5.73 Å².